The highest BCUT2D eigenvalue weighted by atomic mass is 16.5. The molecule has 0 saturated heterocycles. The fraction of sp³-hybridized carbons (Fsp3) is 0.455. The fourth-order valence-corrected chi connectivity index (χ4v) is 3.57. The number of carbonyl (C=O) groups excluding carboxylic acids is 2. The molecule has 0 unspecified atom stereocenters. The van der Waals surface area contributed by atoms with Gasteiger partial charge in [-0.25, -0.2) is 9.97 Å². The third-order valence-electron chi connectivity index (χ3n) is 5.16. The monoisotopic (exact) mass is 412 g/mol. The molecule has 1 aliphatic rings. The maximum absolute atomic E-state index is 12.8. The van der Waals surface area contributed by atoms with E-state index < -0.39 is 0 Å². The van der Waals surface area contributed by atoms with Crippen LogP contribution < -0.4 is 9.64 Å². The minimum atomic E-state index is -0.152. The van der Waals surface area contributed by atoms with Crippen LogP contribution in [0.3, 0.4) is 0 Å². The van der Waals surface area contributed by atoms with E-state index in [0.29, 0.717) is 48.9 Å². The molecule has 0 aliphatic carbocycles. The van der Waals surface area contributed by atoms with Gasteiger partial charge in [0.15, 0.2) is 0 Å². The van der Waals surface area contributed by atoms with Gasteiger partial charge in [-0.2, -0.15) is 0 Å². The van der Waals surface area contributed by atoms with Crippen LogP contribution in [-0.4, -0.2) is 61.1 Å². The minimum Gasteiger partial charge on any atom is -0.497 e. The Morgan fingerprint density at radius 2 is 2.03 bits per heavy atom. The molecule has 0 saturated carbocycles. The molecule has 2 amide bonds. The molecule has 30 heavy (non-hydrogen) atoms. The van der Waals surface area contributed by atoms with Crippen molar-refractivity contribution in [3.8, 4) is 5.75 Å². The van der Waals surface area contributed by atoms with Crippen LogP contribution in [0.15, 0.2) is 24.3 Å². The second-order valence-electron chi connectivity index (χ2n) is 7.31. The van der Waals surface area contributed by atoms with Crippen molar-refractivity contribution in [1.29, 1.82) is 0 Å². The summed E-state index contributed by atoms with van der Waals surface area (Å²) in [6.07, 6.45) is 1.83. The summed E-state index contributed by atoms with van der Waals surface area (Å²) >= 11 is 0. The lowest BCUT2D eigenvalue weighted by atomic mass is 10.0. The topological polar surface area (TPSA) is 84.9 Å². The predicted molar refractivity (Wildman–Crippen MR) is 113 cm³/mol. The Balaban J connectivity index is 1.82. The van der Waals surface area contributed by atoms with Crippen LogP contribution in [0, 0.1) is 6.92 Å². The molecule has 2 aromatic rings. The molecule has 0 atom stereocenters. The molecule has 0 bridgehead atoms. The number of aryl methyl sites for hydroxylation is 1. The van der Waals surface area contributed by atoms with Crippen molar-refractivity contribution in [2.45, 2.75) is 32.7 Å². The first-order valence-electron chi connectivity index (χ1n) is 9.99. The first-order chi connectivity index (χ1) is 14.4. The van der Waals surface area contributed by atoms with Gasteiger partial charge in [-0.3, -0.25) is 14.5 Å². The van der Waals surface area contributed by atoms with Crippen molar-refractivity contribution in [3.63, 3.8) is 0 Å². The minimum absolute atomic E-state index is 0.0588. The van der Waals surface area contributed by atoms with E-state index in [1.165, 1.54) is 0 Å². The number of fused-ring (bicyclic) bond motifs is 1. The van der Waals surface area contributed by atoms with E-state index in [-0.39, 0.29) is 18.4 Å². The Bertz CT molecular complexity index is 931. The van der Waals surface area contributed by atoms with Crippen LogP contribution in [0.5, 0.6) is 5.75 Å². The molecular weight excluding hydrogens is 384 g/mol. The van der Waals surface area contributed by atoms with Crippen molar-refractivity contribution < 1.29 is 19.1 Å². The van der Waals surface area contributed by atoms with E-state index in [2.05, 4.69) is 9.97 Å². The number of benzene rings is 1. The average molecular weight is 412 g/mol. The van der Waals surface area contributed by atoms with E-state index in [0.717, 1.165) is 17.7 Å². The van der Waals surface area contributed by atoms with E-state index in [1.54, 1.807) is 55.3 Å². The van der Waals surface area contributed by atoms with Crippen molar-refractivity contribution in [2.75, 3.05) is 39.3 Å². The lowest BCUT2D eigenvalue weighted by Gasteiger charge is -2.29. The van der Waals surface area contributed by atoms with Gasteiger partial charge in [-0.15, -0.1) is 0 Å². The molecule has 1 aromatic carbocycles. The van der Waals surface area contributed by atoms with Crippen LogP contribution in [0.4, 0.5) is 5.82 Å². The van der Waals surface area contributed by atoms with Gasteiger partial charge in [0.2, 0.25) is 5.91 Å². The summed E-state index contributed by atoms with van der Waals surface area (Å²) in [4.78, 5) is 37.9. The Kier molecular flexibility index (Phi) is 6.99. The molecule has 160 valence electrons. The number of aromatic nitrogens is 2. The average Bonchev–Trinajstić information content (AvgIpc) is 2.74. The fourth-order valence-electron chi connectivity index (χ4n) is 3.57. The van der Waals surface area contributed by atoms with Crippen LogP contribution in [0.1, 0.15) is 40.3 Å². The summed E-state index contributed by atoms with van der Waals surface area (Å²) in [6, 6.07) is 7.02. The lowest BCUT2D eigenvalue weighted by molar-refractivity contribution is -0.119. The Morgan fingerprint density at radius 1 is 1.23 bits per heavy atom. The van der Waals surface area contributed by atoms with E-state index in [4.69, 9.17) is 9.47 Å². The third kappa shape index (κ3) is 4.76. The van der Waals surface area contributed by atoms with E-state index in [9.17, 15) is 9.59 Å². The summed E-state index contributed by atoms with van der Waals surface area (Å²) in [6.45, 7) is 3.29. The smallest absolute Gasteiger partial charge is 0.254 e. The summed E-state index contributed by atoms with van der Waals surface area (Å²) in [5, 5.41) is 0. The number of carbonyl (C=O) groups is 2. The molecular formula is C22H28N4O4. The van der Waals surface area contributed by atoms with Crippen LogP contribution in [0.25, 0.3) is 0 Å². The molecule has 0 spiro atoms. The number of rotatable bonds is 8. The zero-order chi connectivity index (χ0) is 21.7. The highest BCUT2D eigenvalue weighted by Gasteiger charge is 2.28. The van der Waals surface area contributed by atoms with Crippen LogP contribution in [-0.2, 0) is 22.5 Å². The number of nitrogens with zero attached hydrogens (tertiary/aromatic N) is 4. The number of methoxy groups -OCH3 is 2. The quantitative estimate of drug-likeness (QED) is 0.619. The van der Waals surface area contributed by atoms with Gasteiger partial charge in [0, 0.05) is 50.6 Å². The number of hydrogen-bond donors (Lipinski definition) is 0. The number of ether oxygens (including phenoxy) is 2. The molecule has 8 heteroatoms. The van der Waals surface area contributed by atoms with Gasteiger partial charge in [-0.05, 0) is 38.0 Å². The van der Waals surface area contributed by atoms with Crippen molar-refractivity contribution >= 4 is 17.6 Å². The van der Waals surface area contributed by atoms with E-state index >= 15 is 0 Å². The standard InChI is InChI=1S/C22H28N4O4/c1-15-18-9-10-20(27)26(11-6-12-29-3)21(18)24-19(23-15)14-25(2)22(28)16-7-5-8-17(13-16)30-4/h5,7-8,13H,6,9-12,14H2,1-4H3. The highest BCUT2D eigenvalue weighted by molar-refractivity contribution is 5.95. The summed E-state index contributed by atoms with van der Waals surface area (Å²) in [5.74, 6) is 1.70. The molecule has 1 aliphatic heterocycles. The molecule has 0 radical (unpaired) electrons. The SMILES string of the molecule is COCCCN1C(=O)CCc2c(C)nc(CN(C)C(=O)c3cccc(OC)c3)nc21. The second kappa shape index (κ2) is 9.67. The molecule has 3 rings (SSSR count). The largest absolute Gasteiger partial charge is 0.497 e. The van der Waals surface area contributed by atoms with Gasteiger partial charge in [0.05, 0.1) is 13.7 Å². The third-order valence-corrected chi connectivity index (χ3v) is 5.16. The van der Waals surface area contributed by atoms with Crippen molar-refractivity contribution in [3.05, 3.63) is 46.9 Å². The highest BCUT2D eigenvalue weighted by Crippen LogP contribution is 2.28. The predicted octanol–water partition coefficient (Wildman–Crippen LogP) is 2.38. The molecule has 0 N–H and O–H groups in total. The van der Waals surface area contributed by atoms with Gasteiger partial charge >= 0.3 is 0 Å². The summed E-state index contributed by atoms with van der Waals surface area (Å²) in [7, 11) is 4.92. The first-order valence-corrected chi connectivity index (χ1v) is 9.99. The lowest BCUT2D eigenvalue weighted by Crippen LogP contribution is -2.38. The summed E-state index contributed by atoms with van der Waals surface area (Å²) < 4.78 is 10.3. The van der Waals surface area contributed by atoms with Gasteiger partial charge < -0.3 is 14.4 Å². The Morgan fingerprint density at radius 3 is 2.77 bits per heavy atom. The normalized spacial score (nSPS) is 13.2. The van der Waals surface area contributed by atoms with Gasteiger partial charge in [0.1, 0.15) is 17.4 Å². The van der Waals surface area contributed by atoms with Gasteiger partial charge in [0.25, 0.3) is 5.91 Å². The van der Waals surface area contributed by atoms with Crippen molar-refractivity contribution in [1.82, 2.24) is 14.9 Å². The van der Waals surface area contributed by atoms with Crippen molar-refractivity contribution in [2.24, 2.45) is 0 Å². The first kappa shape index (κ1) is 21.7. The second-order valence-corrected chi connectivity index (χ2v) is 7.31. The number of amides is 2. The molecule has 2 heterocycles. The molecule has 0 fully saturated rings. The number of hydrogen-bond acceptors (Lipinski definition) is 6. The molecule has 8 nitrogen and oxygen atoms in total. The van der Waals surface area contributed by atoms with E-state index in [1.807, 2.05) is 6.92 Å². The Labute approximate surface area is 176 Å². The molecule has 1 aromatic heterocycles. The van der Waals surface area contributed by atoms with Gasteiger partial charge in [-0.1, -0.05) is 6.07 Å². The number of anilines is 1. The van der Waals surface area contributed by atoms with Crippen LogP contribution in [0.2, 0.25) is 0 Å². The summed E-state index contributed by atoms with van der Waals surface area (Å²) in [5.41, 5.74) is 2.38. The maximum atomic E-state index is 12.8. The Hall–Kier alpha value is -3.00. The van der Waals surface area contributed by atoms with Crippen LogP contribution >= 0.6 is 0 Å². The zero-order valence-corrected chi connectivity index (χ0v) is 18.0. The maximum Gasteiger partial charge on any atom is 0.254 e. The zero-order valence-electron chi connectivity index (χ0n) is 18.0.